The molecule has 138 valence electrons. The molecule has 0 saturated carbocycles. The first-order valence-corrected chi connectivity index (χ1v) is 8.49. The Kier molecular flexibility index (Phi) is 5.57. The molecular formula is C20H16ClNO5. The number of Topliss-reactive ketones (excluding diaryl/α,β-unsaturated/α-hetero) is 1. The van der Waals surface area contributed by atoms with Crippen molar-refractivity contribution in [2.75, 3.05) is 19.0 Å². The highest BCUT2D eigenvalue weighted by Crippen LogP contribution is 2.29. The molecule has 0 radical (unpaired) electrons. The molecule has 1 unspecified atom stereocenters. The fraction of sp³-hybridized carbons (Fsp3) is 0.150. The normalized spacial score (nSPS) is 16.0. The van der Waals surface area contributed by atoms with Gasteiger partial charge in [0.05, 0.1) is 12.8 Å². The summed E-state index contributed by atoms with van der Waals surface area (Å²) in [6, 6.07) is 11.8. The quantitative estimate of drug-likeness (QED) is 0.630. The molecule has 0 aromatic heterocycles. The van der Waals surface area contributed by atoms with Crippen LogP contribution in [-0.4, -0.2) is 31.4 Å². The zero-order valence-electron chi connectivity index (χ0n) is 14.4. The lowest BCUT2D eigenvalue weighted by molar-refractivity contribution is -0.148. The highest BCUT2D eigenvalue weighted by atomic mass is 35.5. The summed E-state index contributed by atoms with van der Waals surface area (Å²) in [5.41, 5.74) is 1.38. The molecule has 2 aromatic rings. The third-order valence-corrected chi connectivity index (χ3v) is 4.23. The maximum absolute atomic E-state index is 12.5. The number of fused-ring (bicyclic) bond motifs is 1. The predicted octanol–water partition coefficient (Wildman–Crippen LogP) is 3.36. The monoisotopic (exact) mass is 385 g/mol. The molecule has 1 aliphatic rings. The van der Waals surface area contributed by atoms with Crippen LogP contribution >= 0.6 is 11.6 Å². The third-order valence-electron chi connectivity index (χ3n) is 3.99. The van der Waals surface area contributed by atoms with E-state index in [1.807, 2.05) is 24.3 Å². The Bertz CT molecular complexity index is 938. The van der Waals surface area contributed by atoms with Crippen molar-refractivity contribution in [1.82, 2.24) is 0 Å². The van der Waals surface area contributed by atoms with E-state index < -0.39 is 23.6 Å². The van der Waals surface area contributed by atoms with Gasteiger partial charge >= 0.3 is 5.97 Å². The molecule has 7 heteroatoms. The molecule has 1 N–H and O–H groups in total. The van der Waals surface area contributed by atoms with Gasteiger partial charge in [0.25, 0.3) is 0 Å². The molecule has 1 aliphatic heterocycles. The second-order valence-corrected chi connectivity index (χ2v) is 6.22. The number of halogens is 1. The van der Waals surface area contributed by atoms with Crippen molar-refractivity contribution in [3.8, 4) is 5.75 Å². The first kappa shape index (κ1) is 18.7. The fourth-order valence-electron chi connectivity index (χ4n) is 2.67. The van der Waals surface area contributed by atoms with Gasteiger partial charge in [-0.15, -0.1) is 0 Å². The van der Waals surface area contributed by atoms with E-state index in [2.05, 4.69) is 5.32 Å². The summed E-state index contributed by atoms with van der Waals surface area (Å²) in [5, 5.41) is 2.89. The number of benzene rings is 2. The summed E-state index contributed by atoms with van der Waals surface area (Å²) in [4.78, 5) is 36.8. The molecule has 0 bridgehead atoms. The maximum Gasteiger partial charge on any atom is 0.326 e. The first-order chi connectivity index (χ1) is 13.0. The minimum atomic E-state index is -1.52. The number of methoxy groups -OCH3 is 1. The number of esters is 1. The van der Waals surface area contributed by atoms with Gasteiger partial charge < -0.3 is 14.8 Å². The zero-order valence-corrected chi connectivity index (χ0v) is 15.2. The fourth-order valence-corrected chi connectivity index (χ4v) is 2.84. The summed E-state index contributed by atoms with van der Waals surface area (Å²) < 4.78 is 10.2. The lowest BCUT2D eigenvalue weighted by atomic mass is 9.92. The van der Waals surface area contributed by atoms with Crippen LogP contribution in [0.1, 0.15) is 15.9 Å². The Morgan fingerprint density at radius 1 is 1.22 bits per heavy atom. The van der Waals surface area contributed by atoms with Gasteiger partial charge in [0, 0.05) is 10.6 Å². The molecule has 3 rings (SSSR count). The van der Waals surface area contributed by atoms with Crippen molar-refractivity contribution in [1.29, 1.82) is 0 Å². The topological polar surface area (TPSA) is 81.7 Å². The maximum atomic E-state index is 12.5. The molecule has 0 spiro atoms. The summed E-state index contributed by atoms with van der Waals surface area (Å²) in [5.74, 6) is -3.04. The standard InChI is InChI=1S/C20H16ClNO5/c1-26-14-6-2-4-12(10-14)5-3-9-27-20(25)17-18(23)15-8-7-13(21)11-16(15)22-19(17)24/h2-8,10-11,17H,9H2,1H3,(H,22,24). The molecule has 6 nitrogen and oxygen atoms in total. The molecule has 0 fully saturated rings. The molecule has 27 heavy (non-hydrogen) atoms. The van der Waals surface area contributed by atoms with Gasteiger partial charge in [-0.1, -0.05) is 29.8 Å². The lowest BCUT2D eigenvalue weighted by Crippen LogP contribution is -2.41. The van der Waals surface area contributed by atoms with Crippen LogP contribution in [0.4, 0.5) is 5.69 Å². The van der Waals surface area contributed by atoms with E-state index in [0.717, 1.165) is 5.56 Å². The van der Waals surface area contributed by atoms with Crippen LogP contribution in [0.25, 0.3) is 6.08 Å². The van der Waals surface area contributed by atoms with Crippen molar-refractivity contribution in [2.45, 2.75) is 0 Å². The summed E-state index contributed by atoms with van der Waals surface area (Å²) in [7, 11) is 1.57. The first-order valence-electron chi connectivity index (χ1n) is 8.11. The van der Waals surface area contributed by atoms with Crippen LogP contribution in [0, 0.1) is 5.92 Å². The number of anilines is 1. The van der Waals surface area contributed by atoms with E-state index in [9.17, 15) is 14.4 Å². The van der Waals surface area contributed by atoms with Crippen LogP contribution in [0.15, 0.2) is 48.5 Å². The molecule has 0 aliphatic carbocycles. The predicted molar refractivity (Wildman–Crippen MR) is 101 cm³/mol. The minimum Gasteiger partial charge on any atom is -0.497 e. The Balaban J connectivity index is 1.64. The van der Waals surface area contributed by atoms with Gasteiger partial charge in [0.15, 0.2) is 11.7 Å². The number of nitrogens with one attached hydrogen (secondary N) is 1. The van der Waals surface area contributed by atoms with Crippen LogP contribution in [-0.2, 0) is 14.3 Å². The van der Waals surface area contributed by atoms with Gasteiger partial charge in [-0.3, -0.25) is 14.4 Å². The number of hydrogen-bond donors (Lipinski definition) is 1. The molecule has 0 saturated heterocycles. The Labute approximate surface area is 160 Å². The van der Waals surface area contributed by atoms with Crippen LogP contribution in [0.2, 0.25) is 5.02 Å². The second kappa shape index (κ2) is 8.05. The van der Waals surface area contributed by atoms with Gasteiger partial charge in [-0.2, -0.15) is 0 Å². The smallest absolute Gasteiger partial charge is 0.326 e. The van der Waals surface area contributed by atoms with E-state index in [-0.39, 0.29) is 12.2 Å². The van der Waals surface area contributed by atoms with E-state index in [1.54, 1.807) is 19.3 Å². The lowest BCUT2D eigenvalue weighted by Gasteiger charge is -2.22. The summed E-state index contributed by atoms with van der Waals surface area (Å²) >= 11 is 5.86. The second-order valence-electron chi connectivity index (χ2n) is 5.79. The van der Waals surface area contributed by atoms with Crippen LogP contribution in [0.3, 0.4) is 0 Å². The number of hydrogen-bond acceptors (Lipinski definition) is 5. The number of ketones is 1. The van der Waals surface area contributed by atoms with Gasteiger partial charge in [-0.05, 0) is 42.0 Å². The Hall–Kier alpha value is -3.12. The van der Waals surface area contributed by atoms with Crippen molar-refractivity contribution in [3.05, 3.63) is 64.7 Å². The van der Waals surface area contributed by atoms with Gasteiger partial charge in [0.1, 0.15) is 12.4 Å². The molecule has 1 heterocycles. The molecule has 2 aromatic carbocycles. The average molecular weight is 386 g/mol. The Morgan fingerprint density at radius 2 is 2.04 bits per heavy atom. The number of carbonyl (C=O) groups excluding carboxylic acids is 3. The Morgan fingerprint density at radius 3 is 2.81 bits per heavy atom. The molecule has 1 amide bonds. The van der Waals surface area contributed by atoms with Crippen molar-refractivity contribution < 1.29 is 23.9 Å². The van der Waals surface area contributed by atoms with Gasteiger partial charge in [0.2, 0.25) is 5.91 Å². The van der Waals surface area contributed by atoms with E-state index >= 15 is 0 Å². The number of rotatable bonds is 5. The number of ether oxygens (including phenoxy) is 2. The van der Waals surface area contributed by atoms with Crippen LogP contribution in [0.5, 0.6) is 5.75 Å². The summed E-state index contributed by atoms with van der Waals surface area (Å²) in [6.45, 7) is -0.0689. The number of carbonyl (C=O) groups is 3. The highest BCUT2D eigenvalue weighted by molar-refractivity contribution is 6.33. The SMILES string of the molecule is COc1cccc(C=CCOC(=O)C2C(=O)Nc3cc(Cl)ccc3C2=O)c1. The van der Waals surface area contributed by atoms with Crippen molar-refractivity contribution in [3.63, 3.8) is 0 Å². The third kappa shape index (κ3) is 4.17. The van der Waals surface area contributed by atoms with E-state index in [0.29, 0.717) is 16.5 Å². The van der Waals surface area contributed by atoms with E-state index in [1.165, 1.54) is 18.2 Å². The molecular weight excluding hydrogens is 370 g/mol. The minimum absolute atomic E-state index is 0.0689. The summed E-state index contributed by atoms with van der Waals surface area (Å²) in [6.07, 6.45) is 3.36. The molecule has 1 atom stereocenters. The van der Waals surface area contributed by atoms with Crippen molar-refractivity contribution in [2.24, 2.45) is 5.92 Å². The number of amides is 1. The highest BCUT2D eigenvalue weighted by Gasteiger charge is 2.40. The van der Waals surface area contributed by atoms with Gasteiger partial charge in [-0.25, -0.2) is 0 Å². The van der Waals surface area contributed by atoms with E-state index in [4.69, 9.17) is 21.1 Å². The van der Waals surface area contributed by atoms with Crippen molar-refractivity contribution >= 4 is 41.0 Å². The van der Waals surface area contributed by atoms with Crippen LogP contribution < -0.4 is 10.1 Å². The zero-order chi connectivity index (χ0) is 19.4. The largest absolute Gasteiger partial charge is 0.497 e. The average Bonchev–Trinajstić information content (AvgIpc) is 2.65.